The van der Waals surface area contributed by atoms with E-state index in [0.29, 0.717) is 0 Å². The van der Waals surface area contributed by atoms with Crippen molar-refractivity contribution in [2.75, 3.05) is 13.4 Å². The van der Waals surface area contributed by atoms with Crippen LogP contribution >= 0.6 is 0 Å². The summed E-state index contributed by atoms with van der Waals surface area (Å²) in [6.07, 6.45) is 0.787. The van der Waals surface area contributed by atoms with Gasteiger partial charge < -0.3 is 8.92 Å². The van der Waals surface area contributed by atoms with Crippen LogP contribution in [0.5, 0.6) is 5.75 Å². The summed E-state index contributed by atoms with van der Waals surface area (Å²) in [6.45, 7) is 0. The van der Waals surface area contributed by atoms with Gasteiger partial charge >= 0.3 is 16.1 Å². The zero-order valence-corrected chi connectivity index (χ0v) is 10.3. The molecule has 0 aromatic heterocycles. The maximum Gasteiger partial charge on any atom is 0.341 e. The van der Waals surface area contributed by atoms with Crippen LogP contribution in [-0.4, -0.2) is 32.7 Å². The monoisotopic (exact) mass is 275 g/mol. The fraction of sp³-hybridized carbons (Fsp3) is 0.222. The van der Waals surface area contributed by atoms with Gasteiger partial charge in [0.25, 0.3) is 5.69 Å². The zero-order chi connectivity index (χ0) is 13.9. The lowest BCUT2D eigenvalue weighted by atomic mass is 10.2. The van der Waals surface area contributed by atoms with Crippen molar-refractivity contribution in [1.29, 1.82) is 0 Å². The first-order valence-corrected chi connectivity index (χ1v) is 6.32. The first-order valence-electron chi connectivity index (χ1n) is 4.51. The number of nitro groups is 1. The van der Waals surface area contributed by atoms with Gasteiger partial charge in [0.2, 0.25) is 0 Å². The van der Waals surface area contributed by atoms with Crippen LogP contribution in [0.25, 0.3) is 0 Å². The number of carbonyl (C=O) groups excluding carboxylic acids is 1. The van der Waals surface area contributed by atoms with Crippen LogP contribution in [0.2, 0.25) is 0 Å². The molecule has 0 aliphatic rings. The van der Waals surface area contributed by atoms with E-state index in [2.05, 4.69) is 8.92 Å². The number of nitrogens with zero attached hydrogens (tertiary/aromatic N) is 1. The van der Waals surface area contributed by atoms with E-state index in [1.807, 2.05) is 0 Å². The lowest BCUT2D eigenvalue weighted by Crippen LogP contribution is -2.11. The molecule has 0 bridgehead atoms. The van der Waals surface area contributed by atoms with E-state index in [9.17, 15) is 23.3 Å². The summed E-state index contributed by atoms with van der Waals surface area (Å²) in [5.41, 5.74) is -0.714. The Morgan fingerprint density at radius 3 is 2.44 bits per heavy atom. The maximum absolute atomic E-state index is 11.4. The number of carbonyl (C=O) groups is 1. The Kier molecular flexibility index (Phi) is 3.86. The number of hydrogen-bond donors (Lipinski definition) is 0. The first kappa shape index (κ1) is 13.9. The summed E-state index contributed by atoms with van der Waals surface area (Å²) >= 11 is 0. The average Bonchev–Trinajstić information content (AvgIpc) is 2.26. The average molecular weight is 275 g/mol. The lowest BCUT2D eigenvalue weighted by Gasteiger charge is -2.07. The molecule has 0 aliphatic heterocycles. The highest BCUT2D eigenvalue weighted by atomic mass is 32.2. The van der Waals surface area contributed by atoms with Gasteiger partial charge in [0.1, 0.15) is 5.56 Å². The Morgan fingerprint density at radius 1 is 1.39 bits per heavy atom. The van der Waals surface area contributed by atoms with E-state index >= 15 is 0 Å². The fourth-order valence-corrected chi connectivity index (χ4v) is 1.61. The third-order valence-corrected chi connectivity index (χ3v) is 2.30. The van der Waals surface area contributed by atoms with Crippen LogP contribution in [0, 0.1) is 10.1 Å². The van der Waals surface area contributed by atoms with Crippen molar-refractivity contribution in [1.82, 2.24) is 0 Å². The van der Waals surface area contributed by atoms with Crippen LogP contribution in [0.4, 0.5) is 5.69 Å². The largest absolute Gasteiger partial charge is 0.465 e. The molecular weight excluding hydrogens is 266 g/mol. The van der Waals surface area contributed by atoms with Gasteiger partial charge in [0, 0.05) is 12.1 Å². The second-order valence-electron chi connectivity index (χ2n) is 3.22. The van der Waals surface area contributed by atoms with Crippen molar-refractivity contribution in [2.24, 2.45) is 0 Å². The number of benzene rings is 1. The van der Waals surface area contributed by atoms with E-state index in [1.165, 1.54) is 0 Å². The molecule has 0 atom stereocenters. The van der Waals surface area contributed by atoms with Crippen molar-refractivity contribution in [2.45, 2.75) is 0 Å². The second kappa shape index (κ2) is 5.00. The van der Waals surface area contributed by atoms with E-state index < -0.39 is 21.0 Å². The number of ether oxygens (including phenoxy) is 1. The minimum absolute atomic E-state index is 0.324. The molecule has 0 saturated carbocycles. The first-order chi connectivity index (χ1) is 8.24. The van der Waals surface area contributed by atoms with Crippen LogP contribution in [0.15, 0.2) is 18.2 Å². The molecule has 0 saturated heterocycles. The third kappa shape index (κ3) is 3.42. The van der Waals surface area contributed by atoms with Crippen molar-refractivity contribution < 1.29 is 27.1 Å². The molecule has 0 N–H and O–H groups in total. The number of methoxy groups -OCH3 is 1. The Hall–Kier alpha value is -2.16. The molecule has 1 aromatic rings. The molecule has 18 heavy (non-hydrogen) atoms. The number of esters is 1. The molecule has 0 radical (unpaired) electrons. The van der Waals surface area contributed by atoms with Gasteiger partial charge in [-0.1, -0.05) is 0 Å². The highest BCUT2D eigenvalue weighted by Gasteiger charge is 2.20. The van der Waals surface area contributed by atoms with Crippen LogP contribution in [0.1, 0.15) is 10.4 Å². The molecule has 8 nitrogen and oxygen atoms in total. The van der Waals surface area contributed by atoms with Crippen molar-refractivity contribution in [3.05, 3.63) is 33.9 Å². The maximum atomic E-state index is 11.4. The summed E-state index contributed by atoms with van der Waals surface area (Å²) < 4.78 is 30.9. The topological polar surface area (TPSA) is 113 Å². The molecule has 0 amide bonds. The molecule has 0 heterocycles. The minimum Gasteiger partial charge on any atom is -0.465 e. The Bertz CT molecular complexity index is 593. The summed E-state index contributed by atoms with van der Waals surface area (Å²) in [4.78, 5) is 21.2. The molecule has 0 fully saturated rings. The highest BCUT2D eigenvalue weighted by molar-refractivity contribution is 7.86. The lowest BCUT2D eigenvalue weighted by molar-refractivity contribution is -0.384. The zero-order valence-electron chi connectivity index (χ0n) is 9.45. The van der Waals surface area contributed by atoms with E-state index in [0.717, 1.165) is 31.6 Å². The van der Waals surface area contributed by atoms with E-state index in [-0.39, 0.29) is 17.0 Å². The SMILES string of the molecule is COC(=O)c1cc([N+](=O)[O-])ccc1OS(C)(=O)=O. The molecule has 1 aromatic carbocycles. The number of nitro benzene ring substituents is 1. The standard InChI is InChI=1S/C9H9NO7S/c1-16-9(11)7-5-6(10(12)13)3-4-8(7)17-18(2,14)15/h3-5H,1-2H3. The Labute approximate surface area is 102 Å². The van der Waals surface area contributed by atoms with Crippen molar-refractivity contribution >= 4 is 21.8 Å². The minimum atomic E-state index is -3.85. The molecular formula is C9H9NO7S. The highest BCUT2D eigenvalue weighted by Crippen LogP contribution is 2.25. The third-order valence-electron chi connectivity index (χ3n) is 1.82. The smallest absolute Gasteiger partial charge is 0.341 e. The summed E-state index contributed by atoms with van der Waals surface area (Å²) in [5.74, 6) is -1.26. The van der Waals surface area contributed by atoms with Gasteiger partial charge in [-0.05, 0) is 6.07 Å². The van der Waals surface area contributed by atoms with Crippen LogP contribution in [0.3, 0.4) is 0 Å². The Balaban J connectivity index is 3.34. The second-order valence-corrected chi connectivity index (χ2v) is 4.79. The van der Waals surface area contributed by atoms with Gasteiger partial charge in [0.05, 0.1) is 18.3 Å². The molecule has 9 heteroatoms. The molecule has 0 unspecified atom stereocenters. The summed E-state index contributed by atoms with van der Waals surface area (Å²) in [7, 11) is -2.79. The number of non-ortho nitro benzene ring substituents is 1. The predicted octanol–water partition coefficient (Wildman–Crippen LogP) is 0.720. The van der Waals surface area contributed by atoms with Crippen LogP contribution in [-0.2, 0) is 14.9 Å². The molecule has 1 rings (SSSR count). The summed E-state index contributed by atoms with van der Waals surface area (Å²) in [5, 5.41) is 10.6. The van der Waals surface area contributed by atoms with Gasteiger partial charge in [-0.25, -0.2) is 4.79 Å². The fourth-order valence-electron chi connectivity index (χ4n) is 1.14. The molecule has 0 aliphatic carbocycles. The van der Waals surface area contributed by atoms with E-state index in [1.54, 1.807) is 0 Å². The molecule has 98 valence electrons. The number of hydrogen-bond acceptors (Lipinski definition) is 7. The van der Waals surface area contributed by atoms with Gasteiger partial charge in [0.15, 0.2) is 5.75 Å². The predicted molar refractivity (Wildman–Crippen MR) is 59.9 cm³/mol. The van der Waals surface area contributed by atoms with Gasteiger partial charge in [-0.15, -0.1) is 0 Å². The Morgan fingerprint density at radius 2 is 2.00 bits per heavy atom. The summed E-state index contributed by atoms with van der Waals surface area (Å²) in [6, 6.07) is 2.92. The molecule has 0 spiro atoms. The quantitative estimate of drug-likeness (QED) is 0.344. The normalized spacial score (nSPS) is 10.8. The van der Waals surface area contributed by atoms with Crippen LogP contribution < -0.4 is 4.18 Å². The number of rotatable bonds is 4. The van der Waals surface area contributed by atoms with Crippen molar-refractivity contribution in [3.63, 3.8) is 0 Å². The van der Waals surface area contributed by atoms with Gasteiger partial charge in [-0.3, -0.25) is 10.1 Å². The van der Waals surface area contributed by atoms with E-state index in [4.69, 9.17) is 0 Å². The van der Waals surface area contributed by atoms with Gasteiger partial charge in [-0.2, -0.15) is 8.42 Å². The van der Waals surface area contributed by atoms with Crippen molar-refractivity contribution in [3.8, 4) is 5.75 Å².